The maximum absolute atomic E-state index is 13.4. The summed E-state index contributed by atoms with van der Waals surface area (Å²) in [5.41, 5.74) is 1.15. The summed E-state index contributed by atoms with van der Waals surface area (Å²) in [4.78, 5) is 19.3. The highest BCUT2D eigenvalue weighted by atomic mass is 16.5. The van der Waals surface area contributed by atoms with Gasteiger partial charge in [0.1, 0.15) is 11.7 Å². The molecule has 1 amide bonds. The van der Waals surface area contributed by atoms with Gasteiger partial charge in [-0.3, -0.25) is 4.79 Å². The largest absolute Gasteiger partial charge is 0.493 e. The normalized spacial score (nSPS) is 19.0. The molecular formula is C21H26N2O6. The van der Waals surface area contributed by atoms with Gasteiger partial charge in [0.15, 0.2) is 11.5 Å². The van der Waals surface area contributed by atoms with Crippen LogP contribution >= 0.6 is 0 Å². The fourth-order valence-electron chi connectivity index (χ4n) is 3.51. The number of amides is 1. The first-order chi connectivity index (χ1) is 14.1. The molecule has 0 bridgehead atoms. The Bertz CT molecular complexity index is 844. The fourth-order valence-corrected chi connectivity index (χ4v) is 3.51. The lowest BCUT2D eigenvalue weighted by Gasteiger charge is -2.41. The molecule has 1 aliphatic rings. The van der Waals surface area contributed by atoms with E-state index in [0.29, 0.717) is 36.8 Å². The average Bonchev–Trinajstić information content (AvgIpc) is 2.78. The van der Waals surface area contributed by atoms with Crippen LogP contribution in [-0.4, -0.2) is 67.6 Å². The van der Waals surface area contributed by atoms with Crippen LogP contribution in [-0.2, 0) is 4.74 Å². The van der Waals surface area contributed by atoms with Gasteiger partial charge in [-0.15, -0.1) is 0 Å². The second-order valence-electron chi connectivity index (χ2n) is 6.44. The van der Waals surface area contributed by atoms with Crippen LogP contribution in [0, 0.1) is 0 Å². The molecule has 3 rings (SSSR count). The summed E-state index contributed by atoms with van der Waals surface area (Å²) >= 11 is 0. The number of pyridine rings is 1. The lowest BCUT2D eigenvalue weighted by molar-refractivity contribution is -0.0812. The van der Waals surface area contributed by atoms with E-state index in [0.717, 1.165) is 5.56 Å². The summed E-state index contributed by atoms with van der Waals surface area (Å²) < 4.78 is 22.0. The van der Waals surface area contributed by atoms with Gasteiger partial charge in [-0.1, -0.05) is 6.07 Å². The first kappa shape index (κ1) is 20.9. The minimum Gasteiger partial charge on any atom is -0.493 e. The predicted octanol–water partition coefficient (Wildman–Crippen LogP) is 2.07. The van der Waals surface area contributed by atoms with Crippen LogP contribution in [0.3, 0.4) is 0 Å². The molecule has 1 aromatic carbocycles. The maximum atomic E-state index is 13.4. The highest BCUT2D eigenvalue weighted by Gasteiger charge is 2.37. The standard InChI is InChI=1S/C21H26N2O6/c1-4-28-20-15(6-5-9-22-20)21(25)23-10-11-29-18(13-24)19(23)14-7-8-16(26-2)17(12-14)27-3/h5-9,12,18-19,24H,4,10-11,13H2,1-3H3/t18-,19-/m1/s1. The van der Waals surface area contributed by atoms with E-state index in [4.69, 9.17) is 18.9 Å². The molecule has 156 valence electrons. The van der Waals surface area contributed by atoms with E-state index < -0.39 is 12.1 Å². The Balaban J connectivity index is 2.01. The van der Waals surface area contributed by atoms with Crippen molar-refractivity contribution >= 4 is 5.91 Å². The van der Waals surface area contributed by atoms with Crippen LogP contribution in [0.2, 0.25) is 0 Å². The third kappa shape index (κ3) is 4.28. The Morgan fingerprint density at radius 1 is 1.28 bits per heavy atom. The fraction of sp³-hybridized carbons (Fsp3) is 0.429. The molecule has 1 saturated heterocycles. The van der Waals surface area contributed by atoms with Crippen LogP contribution in [0.4, 0.5) is 0 Å². The summed E-state index contributed by atoms with van der Waals surface area (Å²) in [5.74, 6) is 1.18. The SMILES string of the molecule is CCOc1ncccc1C(=O)N1CCO[C@H](CO)[C@H]1c1ccc(OC)c(OC)c1. The Labute approximate surface area is 170 Å². The molecule has 1 N–H and O–H groups in total. The molecule has 0 aliphatic carbocycles. The van der Waals surface area contributed by atoms with Crippen LogP contribution in [0.5, 0.6) is 17.4 Å². The number of aromatic nitrogens is 1. The minimum absolute atomic E-state index is 0.228. The number of methoxy groups -OCH3 is 2. The molecular weight excluding hydrogens is 376 g/mol. The molecule has 2 aromatic rings. The Hall–Kier alpha value is -2.84. The first-order valence-electron chi connectivity index (χ1n) is 9.47. The van der Waals surface area contributed by atoms with E-state index in [9.17, 15) is 9.90 Å². The second-order valence-corrected chi connectivity index (χ2v) is 6.44. The van der Waals surface area contributed by atoms with Crippen LogP contribution in [0.1, 0.15) is 28.9 Å². The van der Waals surface area contributed by atoms with Crippen molar-refractivity contribution < 1.29 is 28.8 Å². The molecule has 1 fully saturated rings. The zero-order chi connectivity index (χ0) is 20.8. The number of hydrogen-bond donors (Lipinski definition) is 1. The van der Waals surface area contributed by atoms with Gasteiger partial charge < -0.3 is 29.0 Å². The third-order valence-corrected chi connectivity index (χ3v) is 4.82. The van der Waals surface area contributed by atoms with Crippen molar-refractivity contribution in [2.75, 3.05) is 40.6 Å². The van der Waals surface area contributed by atoms with Crippen molar-refractivity contribution in [1.82, 2.24) is 9.88 Å². The zero-order valence-electron chi connectivity index (χ0n) is 16.8. The number of rotatable bonds is 7. The molecule has 0 unspecified atom stereocenters. The molecule has 1 aliphatic heterocycles. The molecule has 0 saturated carbocycles. The Morgan fingerprint density at radius 3 is 2.76 bits per heavy atom. The van der Waals surface area contributed by atoms with E-state index in [1.54, 1.807) is 49.6 Å². The molecule has 8 heteroatoms. The number of carbonyl (C=O) groups is 1. The summed E-state index contributed by atoms with van der Waals surface area (Å²) in [6.45, 7) is 2.71. The van der Waals surface area contributed by atoms with Gasteiger partial charge in [0.05, 0.1) is 40.1 Å². The average molecular weight is 402 g/mol. The van der Waals surface area contributed by atoms with Crippen LogP contribution in [0.25, 0.3) is 0 Å². The van der Waals surface area contributed by atoms with Crippen molar-refractivity contribution in [3.63, 3.8) is 0 Å². The van der Waals surface area contributed by atoms with Gasteiger partial charge >= 0.3 is 0 Å². The summed E-state index contributed by atoms with van der Waals surface area (Å²) in [5, 5.41) is 9.90. The number of carbonyl (C=O) groups excluding carboxylic acids is 1. The number of aliphatic hydroxyl groups is 1. The van der Waals surface area contributed by atoms with Crippen molar-refractivity contribution in [2.45, 2.75) is 19.1 Å². The quantitative estimate of drug-likeness (QED) is 0.758. The third-order valence-electron chi connectivity index (χ3n) is 4.82. The minimum atomic E-state index is -0.571. The van der Waals surface area contributed by atoms with E-state index in [-0.39, 0.29) is 18.4 Å². The smallest absolute Gasteiger partial charge is 0.260 e. The zero-order valence-corrected chi connectivity index (χ0v) is 16.8. The van der Waals surface area contributed by atoms with Gasteiger partial charge in [-0.25, -0.2) is 4.98 Å². The molecule has 0 spiro atoms. The number of aliphatic hydroxyl groups excluding tert-OH is 1. The van der Waals surface area contributed by atoms with Gasteiger partial charge in [-0.05, 0) is 36.8 Å². The van der Waals surface area contributed by atoms with Crippen molar-refractivity contribution in [3.05, 3.63) is 47.7 Å². The van der Waals surface area contributed by atoms with Gasteiger partial charge in [0.25, 0.3) is 5.91 Å². The topological polar surface area (TPSA) is 90.4 Å². The molecule has 8 nitrogen and oxygen atoms in total. The Morgan fingerprint density at radius 2 is 2.07 bits per heavy atom. The summed E-state index contributed by atoms with van der Waals surface area (Å²) in [6, 6.07) is 8.30. The lowest BCUT2D eigenvalue weighted by Crippen LogP contribution is -2.49. The number of nitrogens with zero attached hydrogens (tertiary/aromatic N) is 2. The van der Waals surface area contributed by atoms with E-state index in [1.807, 2.05) is 13.0 Å². The van der Waals surface area contributed by atoms with E-state index in [2.05, 4.69) is 4.98 Å². The van der Waals surface area contributed by atoms with E-state index in [1.165, 1.54) is 0 Å². The lowest BCUT2D eigenvalue weighted by atomic mass is 9.97. The highest BCUT2D eigenvalue weighted by Crippen LogP contribution is 2.36. The molecule has 0 radical (unpaired) electrons. The van der Waals surface area contributed by atoms with Crippen LogP contribution < -0.4 is 14.2 Å². The van der Waals surface area contributed by atoms with Crippen molar-refractivity contribution in [2.24, 2.45) is 0 Å². The highest BCUT2D eigenvalue weighted by molar-refractivity contribution is 5.96. The number of morpholine rings is 1. The van der Waals surface area contributed by atoms with Gasteiger partial charge in [0, 0.05) is 12.7 Å². The van der Waals surface area contributed by atoms with Crippen LogP contribution in [0.15, 0.2) is 36.5 Å². The van der Waals surface area contributed by atoms with Gasteiger partial charge in [0.2, 0.25) is 5.88 Å². The molecule has 29 heavy (non-hydrogen) atoms. The predicted molar refractivity (Wildman–Crippen MR) is 106 cm³/mol. The van der Waals surface area contributed by atoms with Crippen molar-refractivity contribution in [3.8, 4) is 17.4 Å². The maximum Gasteiger partial charge on any atom is 0.260 e. The second kappa shape index (κ2) is 9.58. The van der Waals surface area contributed by atoms with Crippen molar-refractivity contribution in [1.29, 1.82) is 0 Å². The number of hydrogen-bond acceptors (Lipinski definition) is 7. The van der Waals surface area contributed by atoms with E-state index >= 15 is 0 Å². The monoisotopic (exact) mass is 402 g/mol. The molecule has 1 aromatic heterocycles. The summed E-state index contributed by atoms with van der Waals surface area (Å²) in [6.07, 6.45) is 1.02. The molecule has 2 heterocycles. The summed E-state index contributed by atoms with van der Waals surface area (Å²) in [7, 11) is 3.11. The first-order valence-corrected chi connectivity index (χ1v) is 9.47. The number of ether oxygens (including phenoxy) is 4. The van der Waals surface area contributed by atoms with Gasteiger partial charge in [-0.2, -0.15) is 0 Å². The molecule has 2 atom stereocenters. The Kier molecular flexibility index (Phi) is 6.90. The number of benzene rings is 1.